The van der Waals surface area contributed by atoms with Crippen molar-refractivity contribution in [2.75, 3.05) is 0 Å². The molecule has 12 atom stereocenters. The van der Waals surface area contributed by atoms with Crippen molar-refractivity contribution in [2.24, 2.45) is 71.0 Å². The van der Waals surface area contributed by atoms with Gasteiger partial charge >= 0.3 is 0 Å². The van der Waals surface area contributed by atoms with Crippen LogP contribution in [0.3, 0.4) is 0 Å². The van der Waals surface area contributed by atoms with Gasteiger partial charge in [0.05, 0.1) is 0 Å². The van der Waals surface area contributed by atoms with Crippen molar-refractivity contribution in [3.05, 3.63) is 72.9 Å². The van der Waals surface area contributed by atoms with Gasteiger partial charge in [-0.3, -0.25) is 0 Å². The lowest BCUT2D eigenvalue weighted by Gasteiger charge is -2.24. The highest BCUT2D eigenvalue weighted by atomic mass is 14.4. The van der Waals surface area contributed by atoms with Crippen LogP contribution in [0.2, 0.25) is 0 Å². The molecule has 318 valence electrons. The number of allylic oxidation sites excluding steroid dienone is 12. The minimum atomic E-state index is 0.898. The van der Waals surface area contributed by atoms with Gasteiger partial charge in [0.2, 0.25) is 0 Å². The fraction of sp³-hybridized carbons (Fsp3) is 0.789. The zero-order valence-corrected chi connectivity index (χ0v) is 37.2. The lowest BCUT2D eigenvalue weighted by Crippen LogP contribution is -2.12. The molecule has 0 aromatic rings. The van der Waals surface area contributed by atoms with E-state index in [2.05, 4.69) is 72.9 Å². The minimum Gasteiger partial charge on any atom is -0.0882 e. The molecule has 0 heteroatoms. The molecule has 0 amide bonds. The standard InChI is InChI=1S/C10H18.C10H16.C10H14.C9H16.C9H14.C9H12/c3*1-2-5-9-7-4-8-10(9)6-3-1;3*1-2-5-9-7-3-6-8(9)4-1/h9-10H,1-8H2;2,5,9-10H,1,3-4,6-8H2;1-3,5,9-10H,4,6-8H2;8-9H,1-7H2;1,4,8-9H,2-3,5-7H2;1-2,4-5,8-9H,3,6-7H2. The van der Waals surface area contributed by atoms with Gasteiger partial charge in [0, 0.05) is 0 Å². The Morgan fingerprint density at radius 1 is 0.211 bits per heavy atom. The van der Waals surface area contributed by atoms with E-state index in [4.69, 9.17) is 0 Å². The monoisotopic (exact) mass is 775 g/mol. The Morgan fingerprint density at radius 2 is 0.579 bits per heavy atom. The first-order chi connectivity index (χ1) is 28.3. The Labute approximate surface area is 354 Å². The molecule has 12 aliphatic carbocycles. The predicted molar refractivity (Wildman–Crippen MR) is 249 cm³/mol. The maximum absolute atomic E-state index is 2.48. The summed E-state index contributed by atoms with van der Waals surface area (Å²) in [4.78, 5) is 0. The van der Waals surface area contributed by atoms with Gasteiger partial charge in [0.1, 0.15) is 0 Å². The highest BCUT2D eigenvalue weighted by Crippen LogP contribution is 2.43. The Balaban J connectivity index is 0.000000105. The highest BCUT2D eigenvalue weighted by molar-refractivity contribution is 5.15. The minimum absolute atomic E-state index is 0.898. The molecule has 0 N–H and O–H groups in total. The fourth-order valence-corrected chi connectivity index (χ4v) is 14.3. The van der Waals surface area contributed by atoms with Gasteiger partial charge < -0.3 is 0 Å². The first-order valence-corrected chi connectivity index (χ1v) is 26.3. The summed E-state index contributed by atoms with van der Waals surface area (Å²) >= 11 is 0. The van der Waals surface area contributed by atoms with Gasteiger partial charge in [-0.2, -0.15) is 0 Å². The summed E-state index contributed by atoms with van der Waals surface area (Å²) < 4.78 is 0. The van der Waals surface area contributed by atoms with Crippen LogP contribution in [0.25, 0.3) is 0 Å². The van der Waals surface area contributed by atoms with Crippen LogP contribution in [0.5, 0.6) is 0 Å². The van der Waals surface area contributed by atoms with E-state index in [1.807, 2.05) is 0 Å². The van der Waals surface area contributed by atoms with E-state index in [0.29, 0.717) is 0 Å². The molecule has 57 heavy (non-hydrogen) atoms. The van der Waals surface area contributed by atoms with Crippen molar-refractivity contribution in [3.63, 3.8) is 0 Å². The molecule has 0 spiro atoms. The van der Waals surface area contributed by atoms with E-state index in [1.165, 1.54) is 172 Å². The maximum atomic E-state index is 2.48. The molecule has 12 aliphatic rings. The molecule has 0 aliphatic heterocycles. The van der Waals surface area contributed by atoms with E-state index in [-0.39, 0.29) is 0 Å². The summed E-state index contributed by atoms with van der Waals surface area (Å²) in [6.07, 6.45) is 77.1. The number of hydrogen-bond acceptors (Lipinski definition) is 0. The van der Waals surface area contributed by atoms with Crippen molar-refractivity contribution in [3.8, 4) is 0 Å². The maximum Gasteiger partial charge on any atom is -0.0167 e. The summed E-state index contributed by atoms with van der Waals surface area (Å²) in [6.45, 7) is 0. The van der Waals surface area contributed by atoms with Crippen molar-refractivity contribution in [1.29, 1.82) is 0 Å². The third kappa shape index (κ3) is 14.0. The van der Waals surface area contributed by atoms with Gasteiger partial charge in [0.15, 0.2) is 0 Å². The molecule has 8 fully saturated rings. The van der Waals surface area contributed by atoms with E-state index < -0.39 is 0 Å². The number of rotatable bonds is 0. The molecule has 8 saturated carbocycles. The Bertz CT molecular complexity index is 1240. The SMILES string of the molecule is C1=CC2CCCC2C=C1.C1=CC2CCCC2CC1.C1=CC2CCCC2CCC1.C1=CCC2CCCC2C=C1.C1CCC2CCCC2C1.C1CCC2CCCC2CC1. The molecule has 0 radical (unpaired) electrons. The second kappa shape index (κ2) is 24.6. The quantitative estimate of drug-likeness (QED) is 0.215. The molecule has 0 nitrogen and oxygen atoms in total. The first kappa shape index (κ1) is 43.5. The third-order valence-corrected chi connectivity index (χ3v) is 17.7. The third-order valence-electron chi connectivity index (χ3n) is 17.7. The molecular weight excluding hydrogens is 685 g/mol. The lowest BCUT2D eigenvalue weighted by molar-refractivity contribution is 0.277. The van der Waals surface area contributed by atoms with Crippen molar-refractivity contribution in [1.82, 2.24) is 0 Å². The topological polar surface area (TPSA) is 0 Å². The average molecular weight is 775 g/mol. The first-order valence-electron chi connectivity index (χ1n) is 26.3. The normalized spacial score (nSPS) is 40.0. The van der Waals surface area contributed by atoms with Crippen LogP contribution in [0.1, 0.15) is 212 Å². The van der Waals surface area contributed by atoms with Crippen molar-refractivity contribution in [2.45, 2.75) is 212 Å². The van der Waals surface area contributed by atoms with E-state index >= 15 is 0 Å². The average Bonchev–Trinajstić information content (AvgIpc) is 4.13. The van der Waals surface area contributed by atoms with Gasteiger partial charge in [-0.25, -0.2) is 0 Å². The molecule has 12 rings (SSSR count). The van der Waals surface area contributed by atoms with E-state index in [9.17, 15) is 0 Å². The molecule has 0 saturated heterocycles. The highest BCUT2D eigenvalue weighted by Gasteiger charge is 2.30. The molecular formula is C57H90. The zero-order valence-electron chi connectivity index (χ0n) is 37.2. The van der Waals surface area contributed by atoms with Crippen LogP contribution < -0.4 is 0 Å². The van der Waals surface area contributed by atoms with Crippen LogP contribution in [0.4, 0.5) is 0 Å². The summed E-state index contributed by atoms with van der Waals surface area (Å²) in [5, 5.41) is 0. The second-order valence-corrected chi connectivity index (χ2v) is 21.3. The van der Waals surface area contributed by atoms with Crippen molar-refractivity contribution >= 4 is 0 Å². The molecule has 0 aromatic heterocycles. The van der Waals surface area contributed by atoms with Crippen LogP contribution in [0.15, 0.2) is 72.9 Å². The molecule has 0 heterocycles. The summed E-state index contributed by atoms with van der Waals surface area (Å²) in [5.41, 5.74) is 0. The second-order valence-electron chi connectivity index (χ2n) is 21.3. The van der Waals surface area contributed by atoms with Gasteiger partial charge in [-0.15, -0.1) is 0 Å². The lowest BCUT2D eigenvalue weighted by atomic mass is 9.82. The van der Waals surface area contributed by atoms with Gasteiger partial charge in [-0.1, -0.05) is 195 Å². The molecule has 0 aromatic carbocycles. The van der Waals surface area contributed by atoms with E-state index in [0.717, 1.165) is 59.2 Å². The van der Waals surface area contributed by atoms with Crippen LogP contribution >= 0.6 is 0 Å². The predicted octanol–water partition coefficient (Wildman–Crippen LogP) is 17.7. The van der Waals surface area contributed by atoms with Crippen LogP contribution in [-0.2, 0) is 0 Å². The van der Waals surface area contributed by atoms with Crippen LogP contribution in [0, 0.1) is 71.0 Å². The molecule has 12 unspecified atom stereocenters. The molecule has 0 bridgehead atoms. The summed E-state index contributed by atoms with van der Waals surface area (Å²) in [7, 11) is 0. The number of fused-ring (bicyclic) bond motifs is 6. The summed E-state index contributed by atoms with van der Waals surface area (Å²) in [5.74, 6) is 12.4. The fourth-order valence-electron chi connectivity index (χ4n) is 14.3. The Morgan fingerprint density at radius 3 is 1.18 bits per heavy atom. The zero-order chi connectivity index (χ0) is 38.7. The Kier molecular flexibility index (Phi) is 18.8. The van der Waals surface area contributed by atoms with Crippen molar-refractivity contribution < 1.29 is 0 Å². The number of hydrogen-bond donors (Lipinski definition) is 0. The van der Waals surface area contributed by atoms with E-state index in [1.54, 1.807) is 51.4 Å². The van der Waals surface area contributed by atoms with Gasteiger partial charge in [0.25, 0.3) is 0 Å². The summed E-state index contributed by atoms with van der Waals surface area (Å²) in [6, 6.07) is 0. The van der Waals surface area contributed by atoms with Crippen LogP contribution in [-0.4, -0.2) is 0 Å². The smallest absolute Gasteiger partial charge is 0.0167 e. The largest absolute Gasteiger partial charge is 0.0882 e. The van der Waals surface area contributed by atoms with Gasteiger partial charge in [-0.05, 0) is 161 Å². The Hall–Kier alpha value is -1.56.